The molecule has 0 radical (unpaired) electrons. The van der Waals surface area contributed by atoms with Gasteiger partial charge < -0.3 is 14.5 Å². The summed E-state index contributed by atoms with van der Waals surface area (Å²) in [6, 6.07) is 9.81. The van der Waals surface area contributed by atoms with Crippen LogP contribution >= 0.6 is 0 Å². The summed E-state index contributed by atoms with van der Waals surface area (Å²) in [5, 5.41) is 12.7. The van der Waals surface area contributed by atoms with E-state index < -0.39 is 27.4 Å². The first-order valence-corrected chi connectivity index (χ1v) is 13.2. The van der Waals surface area contributed by atoms with Crippen molar-refractivity contribution < 1.29 is 22.8 Å². The van der Waals surface area contributed by atoms with E-state index in [-0.39, 0.29) is 18.5 Å². The van der Waals surface area contributed by atoms with Gasteiger partial charge in [0.1, 0.15) is 6.04 Å². The highest BCUT2D eigenvalue weighted by Gasteiger charge is 2.57. The van der Waals surface area contributed by atoms with Gasteiger partial charge in [0.2, 0.25) is 15.9 Å². The quantitative estimate of drug-likeness (QED) is 0.655. The summed E-state index contributed by atoms with van der Waals surface area (Å²) in [6.45, 7) is 0.981. The van der Waals surface area contributed by atoms with Gasteiger partial charge in [0.25, 0.3) is 0 Å². The lowest BCUT2D eigenvalue weighted by Gasteiger charge is -2.33. The van der Waals surface area contributed by atoms with E-state index in [9.17, 15) is 18.3 Å². The maximum absolute atomic E-state index is 13.6. The molecule has 2 aliphatic heterocycles. The van der Waals surface area contributed by atoms with Crippen LogP contribution < -0.4 is 0 Å². The molecule has 2 saturated heterocycles. The zero-order chi connectivity index (χ0) is 23.1. The van der Waals surface area contributed by atoms with Crippen LogP contribution in [0.2, 0.25) is 0 Å². The van der Waals surface area contributed by atoms with Crippen molar-refractivity contribution in [2.45, 2.75) is 62.7 Å². The lowest BCUT2D eigenvalue weighted by atomic mass is 10.0. The Morgan fingerprint density at radius 3 is 2.55 bits per heavy atom. The molecule has 3 fully saturated rings. The summed E-state index contributed by atoms with van der Waals surface area (Å²) < 4.78 is 34.3. The van der Waals surface area contributed by atoms with E-state index >= 15 is 0 Å². The van der Waals surface area contributed by atoms with Gasteiger partial charge in [0, 0.05) is 26.1 Å². The van der Waals surface area contributed by atoms with Gasteiger partial charge in [-0.25, -0.2) is 13.2 Å². The third-order valence-corrected chi connectivity index (χ3v) is 9.71. The van der Waals surface area contributed by atoms with Crippen molar-refractivity contribution in [3.05, 3.63) is 47.6 Å². The second-order valence-corrected chi connectivity index (χ2v) is 11.8. The number of hydrogen-bond donors (Lipinski definition) is 1. The highest BCUT2D eigenvalue weighted by molar-refractivity contribution is 7.89. The van der Waals surface area contributed by atoms with E-state index in [0.717, 1.165) is 25.7 Å². The number of piperidine rings is 1. The van der Waals surface area contributed by atoms with Crippen molar-refractivity contribution in [1.29, 1.82) is 0 Å². The van der Waals surface area contributed by atoms with Gasteiger partial charge in [0.15, 0.2) is 5.82 Å². The first-order valence-electron chi connectivity index (χ1n) is 11.7. The molecule has 10 heteroatoms. The van der Waals surface area contributed by atoms with Crippen molar-refractivity contribution in [1.82, 2.24) is 19.3 Å². The fourth-order valence-corrected chi connectivity index (χ4v) is 7.33. The molecule has 1 N–H and O–H groups in total. The van der Waals surface area contributed by atoms with Gasteiger partial charge in [-0.05, 0) is 55.9 Å². The van der Waals surface area contributed by atoms with E-state index in [0.29, 0.717) is 43.9 Å². The number of sulfonamides is 1. The number of aromatic nitrogens is 2. The Kier molecular flexibility index (Phi) is 5.90. The van der Waals surface area contributed by atoms with Crippen LogP contribution in [0.5, 0.6) is 0 Å². The van der Waals surface area contributed by atoms with Crippen LogP contribution in [0, 0.1) is 5.41 Å². The number of carboxylic acid groups (broad SMARTS) is 1. The predicted molar refractivity (Wildman–Crippen MR) is 120 cm³/mol. The molecule has 1 spiro atoms. The average Bonchev–Trinajstić information content (AvgIpc) is 3.22. The molecule has 1 aliphatic carbocycles. The Bertz CT molecular complexity index is 1090. The van der Waals surface area contributed by atoms with Gasteiger partial charge in [-0.2, -0.15) is 9.29 Å². The summed E-state index contributed by atoms with van der Waals surface area (Å²) in [4.78, 5) is 17.1. The minimum atomic E-state index is -3.60. The minimum Gasteiger partial charge on any atom is -0.465 e. The Morgan fingerprint density at radius 2 is 1.88 bits per heavy atom. The minimum absolute atomic E-state index is 0.0292. The third kappa shape index (κ3) is 4.63. The SMILES string of the molecule is O=C(O)N1CCC(S(=O)(=O)N2CC3(CC3)C[C@H]2c2nc(CCCc3ccccc3)no2)CC1. The average molecular weight is 475 g/mol. The molecule has 1 atom stereocenters. The molecule has 9 nitrogen and oxygen atoms in total. The Labute approximate surface area is 193 Å². The second-order valence-electron chi connectivity index (χ2n) is 9.67. The maximum atomic E-state index is 13.6. The molecule has 1 aromatic carbocycles. The smallest absolute Gasteiger partial charge is 0.407 e. The summed E-state index contributed by atoms with van der Waals surface area (Å²) >= 11 is 0. The van der Waals surface area contributed by atoms with E-state index in [4.69, 9.17) is 4.52 Å². The number of amides is 1. The molecule has 1 amide bonds. The Hall–Kier alpha value is -2.46. The zero-order valence-corrected chi connectivity index (χ0v) is 19.4. The molecule has 2 aromatic rings. The molecule has 178 valence electrons. The first-order chi connectivity index (χ1) is 15.9. The number of carbonyl (C=O) groups is 1. The molecule has 0 unspecified atom stereocenters. The zero-order valence-electron chi connectivity index (χ0n) is 18.6. The van der Waals surface area contributed by atoms with Gasteiger partial charge in [-0.15, -0.1) is 0 Å². The van der Waals surface area contributed by atoms with Crippen LogP contribution in [0.15, 0.2) is 34.9 Å². The molecule has 1 aromatic heterocycles. The monoisotopic (exact) mass is 474 g/mol. The van der Waals surface area contributed by atoms with Gasteiger partial charge in [-0.1, -0.05) is 35.5 Å². The second kappa shape index (κ2) is 8.72. The largest absolute Gasteiger partial charge is 0.465 e. The van der Waals surface area contributed by atoms with E-state index in [1.807, 2.05) is 18.2 Å². The molecule has 3 aliphatic rings. The lowest BCUT2D eigenvalue weighted by Crippen LogP contribution is -2.46. The molecule has 5 rings (SSSR count). The van der Waals surface area contributed by atoms with Crippen molar-refractivity contribution in [3.8, 4) is 0 Å². The predicted octanol–water partition coefficient (Wildman–Crippen LogP) is 3.24. The van der Waals surface area contributed by atoms with Crippen LogP contribution in [0.1, 0.15) is 61.8 Å². The van der Waals surface area contributed by atoms with Crippen molar-refractivity contribution in [2.24, 2.45) is 5.41 Å². The van der Waals surface area contributed by atoms with Crippen LogP contribution in [-0.2, 0) is 22.9 Å². The molecule has 3 heterocycles. The van der Waals surface area contributed by atoms with Crippen LogP contribution in [0.4, 0.5) is 4.79 Å². The topological polar surface area (TPSA) is 117 Å². The molecule has 1 saturated carbocycles. The first kappa shape index (κ1) is 22.3. The van der Waals surface area contributed by atoms with Crippen LogP contribution in [0.3, 0.4) is 0 Å². The summed E-state index contributed by atoms with van der Waals surface area (Å²) in [5.41, 5.74) is 1.29. The fourth-order valence-electron chi connectivity index (χ4n) is 5.17. The van der Waals surface area contributed by atoms with Crippen LogP contribution in [0.25, 0.3) is 0 Å². The molecular weight excluding hydrogens is 444 g/mol. The Morgan fingerprint density at radius 1 is 1.15 bits per heavy atom. The van der Waals surface area contributed by atoms with Crippen molar-refractivity contribution in [3.63, 3.8) is 0 Å². The highest BCUT2D eigenvalue weighted by atomic mass is 32.2. The van der Waals surface area contributed by atoms with Crippen molar-refractivity contribution >= 4 is 16.1 Å². The third-order valence-electron chi connectivity index (χ3n) is 7.36. The highest BCUT2D eigenvalue weighted by Crippen LogP contribution is 2.59. The van der Waals surface area contributed by atoms with E-state index in [2.05, 4.69) is 22.3 Å². The summed E-state index contributed by atoms with van der Waals surface area (Å²) in [7, 11) is -3.60. The number of likely N-dealkylation sites (tertiary alicyclic amines) is 1. The number of benzene rings is 1. The Balaban J connectivity index is 1.27. The van der Waals surface area contributed by atoms with Crippen molar-refractivity contribution in [2.75, 3.05) is 19.6 Å². The fraction of sp³-hybridized carbons (Fsp3) is 0.609. The molecule has 33 heavy (non-hydrogen) atoms. The number of aryl methyl sites for hydroxylation is 2. The van der Waals surface area contributed by atoms with Gasteiger partial charge >= 0.3 is 6.09 Å². The standard InChI is InChI=1S/C23H30N4O5S/c28-22(29)26-13-9-18(10-14-26)33(30,31)27-16-23(11-12-23)15-19(27)21-24-20(25-32-21)8-4-7-17-5-2-1-3-6-17/h1-3,5-6,18-19H,4,7-16H2,(H,28,29)/t19-/m0/s1. The number of nitrogens with zero attached hydrogens (tertiary/aromatic N) is 4. The molecule has 0 bridgehead atoms. The summed E-state index contributed by atoms with van der Waals surface area (Å²) in [5.74, 6) is 1.00. The van der Waals surface area contributed by atoms with E-state index in [1.54, 1.807) is 4.31 Å². The normalized spacial score (nSPS) is 23.3. The lowest BCUT2D eigenvalue weighted by molar-refractivity contribution is 0.135. The van der Waals surface area contributed by atoms with Gasteiger partial charge in [0.05, 0.1) is 5.25 Å². The summed E-state index contributed by atoms with van der Waals surface area (Å²) in [6.07, 6.45) is 4.89. The van der Waals surface area contributed by atoms with Gasteiger partial charge in [-0.3, -0.25) is 0 Å². The van der Waals surface area contributed by atoms with E-state index in [1.165, 1.54) is 10.5 Å². The van der Waals surface area contributed by atoms with Crippen LogP contribution in [-0.4, -0.2) is 63.8 Å². The maximum Gasteiger partial charge on any atom is 0.407 e. The number of hydrogen-bond acceptors (Lipinski definition) is 6. The number of rotatable bonds is 7. The molecular formula is C23H30N4O5S.